The van der Waals surface area contributed by atoms with Crippen molar-refractivity contribution in [3.05, 3.63) is 51.8 Å². The van der Waals surface area contributed by atoms with E-state index in [4.69, 9.17) is 5.73 Å². The second kappa shape index (κ2) is 5.96. The van der Waals surface area contributed by atoms with Crippen LogP contribution in [0.3, 0.4) is 0 Å². The number of rotatable bonds is 5. The van der Waals surface area contributed by atoms with Gasteiger partial charge in [0.25, 0.3) is 0 Å². The Bertz CT molecular complexity index is 613. The number of nitrogens with zero attached hydrogens (tertiary/aromatic N) is 3. The molecule has 0 saturated carbocycles. The zero-order chi connectivity index (χ0) is 14.5. The van der Waals surface area contributed by atoms with Gasteiger partial charge in [-0.2, -0.15) is 0 Å². The number of aryl methyl sites for hydroxylation is 1. The van der Waals surface area contributed by atoms with E-state index < -0.39 is 4.92 Å². The lowest BCUT2D eigenvalue weighted by atomic mass is 10.1. The van der Waals surface area contributed by atoms with Crippen LogP contribution in [-0.2, 0) is 13.0 Å². The Morgan fingerprint density at radius 1 is 1.25 bits per heavy atom. The average molecular weight is 273 g/mol. The Labute approximate surface area is 116 Å². The molecular formula is C13H15N5O2. The summed E-state index contributed by atoms with van der Waals surface area (Å²) in [5.41, 5.74) is 7.45. The Morgan fingerprint density at radius 2 is 1.90 bits per heavy atom. The smallest absolute Gasteiger partial charge is 0.352 e. The standard InChI is InChI=1S/C13H15N5O2/c1-2-9-3-5-10(6-4-9)7-15-13-11(18(19)20)12(14)16-8-17-13/h3-6,8H,2,7H2,1H3,(H3,14,15,16,17). The van der Waals surface area contributed by atoms with Crippen LogP contribution in [0, 0.1) is 10.1 Å². The predicted molar refractivity (Wildman–Crippen MR) is 76.2 cm³/mol. The van der Waals surface area contributed by atoms with Gasteiger partial charge >= 0.3 is 5.69 Å². The van der Waals surface area contributed by atoms with E-state index in [-0.39, 0.29) is 17.3 Å². The number of nitrogens with one attached hydrogen (secondary N) is 1. The van der Waals surface area contributed by atoms with E-state index in [1.54, 1.807) is 0 Å². The SMILES string of the molecule is CCc1ccc(CNc2ncnc(N)c2[N+](=O)[O-])cc1. The summed E-state index contributed by atoms with van der Waals surface area (Å²) in [4.78, 5) is 17.8. The highest BCUT2D eigenvalue weighted by Crippen LogP contribution is 2.26. The van der Waals surface area contributed by atoms with Gasteiger partial charge in [0.15, 0.2) is 0 Å². The van der Waals surface area contributed by atoms with Crippen LogP contribution < -0.4 is 11.1 Å². The molecule has 2 aromatic rings. The zero-order valence-corrected chi connectivity index (χ0v) is 11.0. The van der Waals surface area contributed by atoms with Crippen LogP contribution in [0.15, 0.2) is 30.6 Å². The molecular weight excluding hydrogens is 258 g/mol. The molecule has 0 radical (unpaired) electrons. The maximum Gasteiger partial charge on any atom is 0.352 e. The molecule has 0 aliphatic rings. The molecule has 20 heavy (non-hydrogen) atoms. The van der Waals surface area contributed by atoms with Gasteiger partial charge in [0.2, 0.25) is 11.6 Å². The molecule has 1 heterocycles. The highest BCUT2D eigenvalue weighted by Gasteiger charge is 2.20. The second-order valence-corrected chi connectivity index (χ2v) is 4.24. The summed E-state index contributed by atoms with van der Waals surface area (Å²) < 4.78 is 0. The fraction of sp³-hybridized carbons (Fsp3) is 0.231. The van der Waals surface area contributed by atoms with Gasteiger partial charge in [-0.15, -0.1) is 0 Å². The molecule has 7 heteroatoms. The van der Waals surface area contributed by atoms with Gasteiger partial charge in [0.05, 0.1) is 4.92 Å². The molecule has 0 amide bonds. The number of hydrogen-bond donors (Lipinski definition) is 2. The van der Waals surface area contributed by atoms with Crippen LogP contribution in [0.5, 0.6) is 0 Å². The van der Waals surface area contributed by atoms with Gasteiger partial charge in [-0.3, -0.25) is 10.1 Å². The Balaban J connectivity index is 2.14. The highest BCUT2D eigenvalue weighted by molar-refractivity contribution is 5.67. The summed E-state index contributed by atoms with van der Waals surface area (Å²) in [6.45, 7) is 2.52. The first kappa shape index (κ1) is 13.7. The quantitative estimate of drug-likeness (QED) is 0.638. The largest absolute Gasteiger partial charge is 0.378 e. The molecule has 104 valence electrons. The number of nitrogen functional groups attached to an aromatic ring is 1. The summed E-state index contributed by atoms with van der Waals surface area (Å²) in [6, 6.07) is 8.00. The topological polar surface area (TPSA) is 107 Å². The van der Waals surface area contributed by atoms with Crippen molar-refractivity contribution in [3.63, 3.8) is 0 Å². The van der Waals surface area contributed by atoms with Crippen molar-refractivity contribution in [3.8, 4) is 0 Å². The Hall–Kier alpha value is -2.70. The van der Waals surface area contributed by atoms with Crippen molar-refractivity contribution in [1.29, 1.82) is 0 Å². The molecule has 0 saturated heterocycles. The van der Waals surface area contributed by atoms with Crippen molar-refractivity contribution < 1.29 is 4.92 Å². The third-order valence-electron chi connectivity index (χ3n) is 2.92. The van der Waals surface area contributed by atoms with E-state index in [9.17, 15) is 10.1 Å². The lowest BCUT2D eigenvalue weighted by molar-refractivity contribution is -0.383. The van der Waals surface area contributed by atoms with Gasteiger partial charge in [0.1, 0.15) is 6.33 Å². The van der Waals surface area contributed by atoms with E-state index in [1.807, 2.05) is 24.3 Å². The summed E-state index contributed by atoms with van der Waals surface area (Å²) in [5.74, 6) is -0.0177. The van der Waals surface area contributed by atoms with Gasteiger partial charge < -0.3 is 11.1 Å². The molecule has 0 aliphatic carbocycles. The molecule has 7 nitrogen and oxygen atoms in total. The zero-order valence-electron chi connectivity index (χ0n) is 11.0. The third kappa shape index (κ3) is 3.00. The van der Waals surface area contributed by atoms with Gasteiger partial charge in [-0.25, -0.2) is 9.97 Å². The normalized spacial score (nSPS) is 10.2. The maximum absolute atomic E-state index is 10.9. The number of benzene rings is 1. The van der Waals surface area contributed by atoms with Crippen LogP contribution in [0.1, 0.15) is 18.1 Å². The van der Waals surface area contributed by atoms with Crippen molar-refractivity contribution in [2.24, 2.45) is 0 Å². The number of anilines is 2. The number of aromatic nitrogens is 2. The van der Waals surface area contributed by atoms with Gasteiger partial charge in [0, 0.05) is 6.54 Å². The van der Waals surface area contributed by atoms with Crippen LogP contribution in [0.25, 0.3) is 0 Å². The molecule has 0 bridgehead atoms. The first-order chi connectivity index (χ1) is 9.61. The van der Waals surface area contributed by atoms with Gasteiger partial charge in [-0.05, 0) is 17.5 Å². The summed E-state index contributed by atoms with van der Waals surface area (Å²) >= 11 is 0. The number of nitro groups is 1. The first-order valence-electron chi connectivity index (χ1n) is 6.18. The van der Waals surface area contributed by atoms with Crippen molar-refractivity contribution in [2.75, 3.05) is 11.1 Å². The molecule has 1 aromatic carbocycles. The van der Waals surface area contributed by atoms with Crippen LogP contribution in [0.4, 0.5) is 17.3 Å². The first-order valence-corrected chi connectivity index (χ1v) is 6.18. The minimum absolute atomic E-state index is 0.127. The maximum atomic E-state index is 10.9. The van der Waals surface area contributed by atoms with E-state index in [2.05, 4.69) is 22.2 Å². The summed E-state index contributed by atoms with van der Waals surface area (Å²) in [6.07, 6.45) is 2.17. The van der Waals surface area contributed by atoms with Crippen molar-refractivity contribution >= 4 is 17.3 Å². The molecule has 1 aromatic heterocycles. The van der Waals surface area contributed by atoms with Crippen LogP contribution >= 0.6 is 0 Å². The van der Waals surface area contributed by atoms with E-state index >= 15 is 0 Å². The van der Waals surface area contributed by atoms with Crippen LogP contribution in [0.2, 0.25) is 0 Å². The van der Waals surface area contributed by atoms with E-state index in [0.717, 1.165) is 12.0 Å². The molecule has 0 fully saturated rings. The minimum Gasteiger partial charge on any atom is -0.378 e. The van der Waals surface area contributed by atoms with E-state index in [0.29, 0.717) is 6.54 Å². The molecule has 0 aliphatic heterocycles. The molecule has 0 unspecified atom stereocenters. The van der Waals surface area contributed by atoms with E-state index in [1.165, 1.54) is 11.9 Å². The average Bonchev–Trinajstić information content (AvgIpc) is 2.45. The summed E-state index contributed by atoms with van der Waals surface area (Å²) in [7, 11) is 0. The fourth-order valence-corrected chi connectivity index (χ4v) is 1.78. The highest BCUT2D eigenvalue weighted by atomic mass is 16.6. The second-order valence-electron chi connectivity index (χ2n) is 4.24. The predicted octanol–water partition coefficient (Wildman–Crippen LogP) is 2.14. The molecule has 3 N–H and O–H groups in total. The lowest BCUT2D eigenvalue weighted by Crippen LogP contribution is -2.08. The molecule has 2 rings (SSSR count). The van der Waals surface area contributed by atoms with Crippen LogP contribution in [-0.4, -0.2) is 14.9 Å². The Kier molecular flexibility index (Phi) is 4.09. The van der Waals surface area contributed by atoms with Crippen molar-refractivity contribution in [2.45, 2.75) is 19.9 Å². The minimum atomic E-state index is -0.585. The lowest BCUT2D eigenvalue weighted by Gasteiger charge is -2.07. The number of hydrogen-bond acceptors (Lipinski definition) is 6. The van der Waals surface area contributed by atoms with Gasteiger partial charge in [-0.1, -0.05) is 31.2 Å². The Morgan fingerprint density at radius 3 is 2.50 bits per heavy atom. The fourth-order valence-electron chi connectivity index (χ4n) is 1.78. The monoisotopic (exact) mass is 273 g/mol. The molecule has 0 spiro atoms. The number of nitrogens with two attached hydrogens (primary N) is 1. The molecule has 0 atom stereocenters. The summed E-state index contributed by atoms with van der Waals surface area (Å²) in [5, 5.41) is 13.9. The third-order valence-corrected chi connectivity index (χ3v) is 2.92. The van der Waals surface area contributed by atoms with Crippen molar-refractivity contribution in [1.82, 2.24) is 9.97 Å².